The lowest BCUT2D eigenvalue weighted by molar-refractivity contribution is -0.677. The molecule has 0 saturated carbocycles. The molecule has 0 aliphatic heterocycles. The second-order valence-electron chi connectivity index (χ2n) is 10.5. The van der Waals surface area contributed by atoms with Gasteiger partial charge in [0.15, 0.2) is 11.0 Å². The third-order valence-electron chi connectivity index (χ3n) is 7.61. The van der Waals surface area contributed by atoms with Crippen molar-refractivity contribution in [1.29, 1.82) is 0 Å². The summed E-state index contributed by atoms with van der Waals surface area (Å²) in [5, 5.41) is 14.1. The number of carbonyl (C=O) groups is 2. The molecule has 0 spiro atoms. The predicted octanol–water partition coefficient (Wildman–Crippen LogP) is 6.40. The lowest BCUT2D eigenvalue weighted by Gasteiger charge is -2.15. The van der Waals surface area contributed by atoms with Crippen LogP contribution in [0.1, 0.15) is 76.6 Å². The SMILES string of the molecule is CCC(=O)CCCCC[C@H](NC(=O)CC[n+]1c(CC)[nH]c2ccccc21)c1nnc(-c2ccc3ccccc3c2)o1. The maximum absolute atomic E-state index is 13.2. The lowest BCUT2D eigenvalue weighted by Crippen LogP contribution is -2.40. The third-order valence-corrected chi connectivity index (χ3v) is 7.61. The molecule has 0 saturated heterocycles. The van der Waals surface area contributed by atoms with Gasteiger partial charge >= 0.3 is 0 Å². The molecule has 5 rings (SSSR count). The van der Waals surface area contributed by atoms with Gasteiger partial charge in [0.1, 0.15) is 11.8 Å². The van der Waals surface area contributed by atoms with Crippen molar-refractivity contribution in [3.63, 3.8) is 0 Å². The number of Topliss-reactive ketones (excluding diaryl/α,β-unsaturated/α-hetero) is 1. The molecule has 5 aromatic rings. The van der Waals surface area contributed by atoms with E-state index in [2.05, 4.69) is 56.3 Å². The Morgan fingerprint density at radius 1 is 0.927 bits per heavy atom. The van der Waals surface area contributed by atoms with Crippen LogP contribution in [0.25, 0.3) is 33.3 Å². The first kappa shape index (κ1) is 28.2. The van der Waals surface area contributed by atoms with Crippen molar-refractivity contribution in [2.45, 2.75) is 77.8 Å². The number of nitrogens with zero attached hydrogens (tertiary/aromatic N) is 3. The Kier molecular flexibility index (Phi) is 9.19. The number of carbonyl (C=O) groups excluding carboxylic acids is 2. The van der Waals surface area contributed by atoms with E-state index < -0.39 is 6.04 Å². The molecule has 0 aliphatic carbocycles. The Morgan fingerprint density at radius 3 is 2.56 bits per heavy atom. The smallest absolute Gasteiger partial charge is 0.254 e. The van der Waals surface area contributed by atoms with Crippen molar-refractivity contribution in [1.82, 2.24) is 20.5 Å². The maximum Gasteiger partial charge on any atom is 0.254 e. The Bertz CT molecular complexity index is 1640. The molecule has 1 atom stereocenters. The fourth-order valence-corrected chi connectivity index (χ4v) is 5.29. The summed E-state index contributed by atoms with van der Waals surface area (Å²) in [5.74, 6) is 2.14. The standard InChI is InChI=1S/C33H37N5O3/c1-3-26(39)14-6-5-7-16-28(33-37-36-32(41-33)25-19-18-23-12-8-9-13-24(23)22-25)35-31(40)20-21-38-29-17-11-10-15-27(29)34-30(38)4-2/h8-13,15,17-19,22,28H,3-7,14,16,20-21H2,1-2H3,(H,35,40)/p+1/t28-/m0/s1. The molecule has 0 fully saturated rings. The molecule has 212 valence electrons. The Morgan fingerprint density at radius 2 is 1.73 bits per heavy atom. The number of hydrogen-bond acceptors (Lipinski definition) is 5. The molecule has 8 heteroatoms. The fourth-order valence-electron chi connectivity index (χ4n) is 5.29. The van der Waals surface area contributed by atoms with Crippen LogP contribution in [0.2, 0.25) is 0 Å². The molecule has 8 nitrogen and oxygen atoms in total. The van der Waals surface area contributed by atoms with Crippen molar-refractivity contribution >= 4 is 33.5 Å². The molecule has 2 heterocycles. The highest BCUT2D eigenvalue weighted by molar-refractivity contribution is 5.86. The van der Waals surface area contributed by atoms with E-state index in [0.29, 0.717) is 44.0 Å². The predicted molar refractivity (Wildman–Crippen MR) is 159 cm³/mol. The molecule has 0 radical (unpaired) electrons. The zero-order valence-electron chi connectivity index (χ0n) is 23.9. The van der Waals surface area contributed by atoms with E-state index in [0.717, 1.165) is 58.9 Å². The number of nitrogens with one attached hydrogen (secondary N) is 2. The Balaban J connectivity index is 1.29. The number of H-pyrrole nitrogens is 1. The first-order chi connectivity index (χ1) is 20.1. The van der Waals surface area contributed by atoms with Gasteiger partial charge in [-0.2, -0.15) is 0 Å². The molecule has 0 aliphatic rings. The Labute approximate surface area is 240 Å². The van der Waals surface area contributed by atoms with E-state index in [1.165, 1.54) is 0 Å². The van der Waals surface area contributed by atoms with Gasteiger partial charge in [0.05, 0.1) is 13.0 Å². The zero-order valence-corrected chi connectivity index (χ0v) is 23.9. The number of unbranched alkanes of at least 4 members (excludes halogenated alkanes) is 2. The Hall–Kier alpha value is -4.33. The van der Waals surface area contributed by atoms with Crippen molar-refractivity contribution in [2.75, 3.05) is 0 Å². The lowest BCUT2D eigenvalue weighted by atomic mass is 10.0. The number of para-hydroxylation sites is 2. The van der Waals surface area contributed by atoms with Crippen LogP contribution in [0.3, 0.4) is 0 Å². The molecule has 2 aromatic heterocycles. The van der Waals surface area contributed by atoms with Gasteiger partial charge in [-0.05, 0) is 47.9 Å². The summed E-state index contributed by atoms with van der Waals surface area (Å²) in [4.78, 5) is 28.4. The van der Waals surface area contributed by atoms with Crippen LogP contribution in [-0.4, -0.2) is 26.9 Å². The quantitative estimate of drug-likeness (QED) is 0.123. The molecule has 0 bridgehead atoms. The van der Waals surface area contributed by atoms with Crippen molar-refractivity contribution in [2.24, 2.45) is 0 Å². The summed E-state index contributed by atoms with van der Waals surface area (Å²) in [6.07, 6.45) is 5.59. The van der Waals surface area contributed by atoms with E-state index in [1.807, 2.05) is 49.4 Å². The van der Waals surface area contributed by atoms with Gasteiger partial charge in [0.25, 0.3) is 5.82 Å². The molecule has 2 N–H and O–H groups in total. The van der Waals surface area contributed by atoms with Gasteiger partial charge < -0.3 is 9.73 Å². The number of fused-ring (bicyclic) bond motifs is 2. The average molecular weight is 553 g/mol. The van der Waals surface area contributed by atoms with Crippen molar-refractivity contribution in [3.05, 3.63) is 78.4 Å². The van der Waals surface area contributed by atoms with Gasteiger partial charge in [-0.3, -0.25) is 9.59 Å². The normalized spacial score (nSPS) is 12.1. The number of imidazole rings is 1. The second kappa shape index (κ2) is 13.4. The number of amides is 1. The van der Waals surface area contributed by atoms with Crippen molar-refractivity contribution in [3.8, 4) is 11.5 Å². The summed E-state index contributed by atoms with van der Waals surface area (Å²) in [6, 6.07) is 21.9. The molecule has 0 unspecified atom stereocenters. The fraction of sp³-hybridized carbons (Fsp3) is 0.364. The van der Waals surface area contributed by atoms with Crippen molar-refractivity contribution < 1.29 is 18.6 Å². The van der Waals surface area contributed by atoms with E-state index in [4.69, 9.17) is 4.42 Å². The highest BCUT2D eigenvalue weighted by Crippen LogP contribution is 2.27. The number of aromatic amines is 1. The van der Waals surface area contributed by atoms with Crippen LogP contribution in [0.5, 0.6) is 0 Å². The van der Waals surface area contributed by atoms with Crippen LogP contribution in [0, 0.1) is 0 Å². The van der Waals surface area contributed by atoms with Gasteiger partial charge in [-0.15, -0.1) is 10.2 Å². The highest BCUT2D eigenvalue weighted by atomic mass is 16.4. The summed E-state index contributed by atoms with van der Waals surface area (Å²) < 4.78 is 8.32. The monoisotopic (exact) mass is 552 g/mol. The van der Waals surface area contributed by atoms with E-state index >= 15 is 0 Å². The first-order valence-corrected chi connectivity index (χ1v) is 14.7. The van der Waals surface area contributed by atoms with E-state index in [1.54, 1.807) is 0 Å². The van der Waals surface area contributed by atoms with Gasteiger partial charge in [-0.25, -0.2) is 9.55 Å². The van der Waals surface area contributed by atoms with Crippen LogP contribution in [0.15, 0.2) is 71.1 Å². The number of aryl methyl sites for hydroxylation is 2. The molecule has 3 aromatic carbocycles. The summed E-state index contributed by atoms with van der Waals surface area (Å²) >= 11 is 0. The zero-order chi connectivity index (χ0) is 28.6. The van der Waals surface area contributed by atoms with Gasteiger partial charge in [0, 0.05) is 24.8 Å². The van der Waals surface area contributed by atoms with Crippen LogP contribution >= 0.6 is 0 Å². The number of aromatic nitrogens is 4. The summed E-state index contributed by atoms with van der Waals surface area (Å²) in [5.41, 5.74) is 3.00. The van der Waals surface area contributed by atoms with Crippen LogP contribution in [-0.2, 0) is 22.6 Å². The topological polar surface area (TPSA) is 105 Å². The maximum atomic E-state index is 13.2. The third kappa shape index (κ3) is 6.88. The molecular formula is C33H38N5O3+. The molecule has 1 amide bonds. The summed E-state index contributed by atoms with van der Waals surface area (Å²) in [7, 11) is 0. The minimum absolute atomic E-state index is 0.0681. The minimum Gasteiger partial charge on any atom is -0.418 e. The van der Waals surface area contributed by atoms with Crippen LogP contribution in [0.4, 0.5) is 0 Å². The number of rotatable bonds is 14. The number of ketones is 1. The molecule has 41 heavy (non-hydrogen) atoms. The second-order valence-corrected chi connectivity index (χ2v) is 10.5. The number of benzene rings is 3. The van der Waals surface area contributed by atoms with E-state index in [9.17, 15) is 9.59 Å². The largest absolute Gasteiger partial charge is 0.418 e. The number of hydrogen-bond donors (Lipinski definition) is 2. The average Bonchev–Trinajstić information content (AvgIpc) is 3.64. The van der Waals surface area contributed by atoms with Gasteiger partial charge in [-0.1, -0.05) is 69.2 Å². The van der Waals surface area contributed by atoms with E-state index in [-0.39, 0.29) is 11.7 Å². The van der Waals surface area contributed by atoms with Crippen LogP contribution < -0.4 is 9.88 Å². The van der Waals surface area contributed by atoms with Gasteiger partial charge in [0.2, 0.25) is 17.7 Å². The minimum atomic E-state index is -0.398. The first-order valence-electron chi connectivity index (χ1n) is 14.7. The highest BCUT2D eigenvalue weighted by Gasteiger charge is 2.23. The summed E-state index contributed by atoms with van der Waals surface area (Å²) in [6.45, 7) is 4.57. The molecular weight excluding hydrogens is 514 g/mol.